The van der Waals surface area contributed by atoms with Crippen LogP contribution in [0, 0.1) is 0 Å². The molecule has 0 spiro atoms. The van der Waals surface area contributed by atoms with Gasteiger partial charge in [0.25, 0.3) is 5.91 Å². The Labute approximate surface area is 94.0 Å². The monoisotopic (exact) mass is 269 g/mol. The number of aryl methyl sites for hydroxylation is 1. The van der Waals surface area contributed by atoms with Gasteiger partial charge in [-0.25, -0.2) is 0 Å². The molecule has 0 aliphatic carbocycles. The summed E-state index contributed by atoms with van der Waals surface area (Å²) in [5.41, 5.74) is 5.88. The second-order valence-corrected chi connectivity index (χ2v) is 3.85. The van der Waals surface area contributed by atoms with E-state index in [0.29, 0.717) is 10.2 Å². The topological polar surface area (TPSA) is 74.1 Å². The summed E-state index contributed by atoms with van der Waals surface area (Å²) in [5, 5.41) is 4.01. The predicted octanol–water partition coefficient (Wildman–Crippen LogP) is 1.54. The fourth-order valence-electron chi connectivity index (χ4n) is 1.26. The molecule has 2 aromatic heterocycles. The molecule has 0 saturated heterocycles. The average Bonchev–Trinajstić information content (AvgIpc) is 2.71. The lowest BCUT2D eigenvalue weighted by atomic mass is 10.3. The zero-order valence-electron chi connectivity index (χ0n) is 7.90. The Morgan fingerprint density at radius 2 is 2.40 bits per heavy atom. The summed E-state index contributed by atoms with van der Waals surface area (Å²) in [6.45, 7) is 0. The van der Waals surface area contributed by atoms with Gasteiger partial charge in [-0.15, -0.1) is 0 Å². The molecule has 0 aromatic carbocycles. The van der Waals surface area contributed by atoms with Crippen molar-refractivity contribution in [3.05, 3.63) is 28.6 Å². The van der Waals surface area contributed by atoms with Crippen molar-refractivity contribution in [2.75, 3.05) is 0 Å². The van der Waals surface area contributed by atoms with Gasteiger partial charge in [-0.3, -0.25) is 9.48 Å². The van der Waals surface area contributed by atoms with E-state index in [2.05, 4.69) is 21.0 Å². The normalized spacial score (nSPS) is 10.5. The Balaban J connectivity index is 2.54. The highest BCUT2D eigenvalue weighted by Crippen LogP contribution is 2.30. The highest BCUT2D eigenvalue weighted by atomic mass is 79.9. The van der Waals surface area contributed by atoms with E-state index >= 15 is 0 Å². The third kappa shape index (κ3) is 1.68. The molecule has 0 unspecified atom stereocenters. The smallest absolute Gasteiger partial charge is 0.284 e. The molecule has 0 aliphatic rings. The number of carbonyl (C=O) groups is 1. The molecule has 0 atom stereocenters. The standard InChI is InChI=1S/C9H8BrN3O2/c1-13-6(2-3-12-13)8-5(10)4-7(15-8)9(11)14/h2-4H,1H3,(H2,11,14). The van der Waals surface area contributed by atoms with E-state index < -0.39 is 5.91 Å². The minimum absolute atomic E-state index is 0.123. The first-order valence-electron chi connectivity index (χ1n) is 4.17. The van der Waals surface area contributed by atoms with Gasteiger partial charge in [0.15, 0.2) is 11.5 Å². The average molecular weight is 270 g/mol. The van der Waals surface area contributed by atoms with Gasteiger partial charge in [-0.2, -0.15) is 5.10 Å². The van der Waals surface area contributed by atoms with Crippen LogP contribution < -0.4 is 5.73 Å². The summed E-state index contributed by atoms with van der Waals surface area (Å²) in [5.74, 6) is 0.0750. The first-order chi connectivity index (χ1) is 7.09. The van der Waals surface area contributed by atoms with Gasteiger partial charge < -0.3 is 10.2 Å². The molecule has 2 heterocycles. The summed E-state index contributed by atoms with van der Waals surface area (Å²) in [4.78, 5) is 10.9. The van der Waals surface area contributed by atoms with Crippen LogP contribution in [0.5, 0.6) is 0 Å². The second kappa shape index (κ2) is 3.54. The molecule has 6 heteroatoms. The van der Waals surface area contributed by atoms with Crippen molar-refractivity contribution in [1.82, 2.24) is 9.78 Å². The van der Waals surface area contributed by atoms with Crippen LogP contribution in [0.15, 0.2) is 27.2 Å². The summed E-state index contributed by atoms with van der Waals surface area (Å²) in [6, 6.07) is 3.33. The first-order valence-corrected chi connectivity index (χ1v) is 4.96. The maximum Gasteiger partial charge on any atom is 0.284 e. The molecule has 2 aromatic rings. The first kappa shape index (κ1) is 9.97. The lowest BCUT2D eigenvalue weighted by Gasteiger charge is -1.97. The van der Waals surface area contributed by atoms with E-state index in [1.165, 1.54) is 0 Å². The Morgan fingerprint density at radius 1 is 1.67 bits per heavy atom. The molecule has 1 amide bonds. The zero-order valence-corrected chi connectivity index (χ0v) is 9.48. The van der Waals surface area contributed by atoms with Crippen LogP contribution in [0.1, 0.15) is 10.6 Å². The molecule has 2 N–H and O–H groups in total. The SMILES string of the molecule is Cn1nccc1-c1oc(C(N)=O)cc1Br. The van der Waals surface area contributed by atoms with Crippen molar-refractivity contribution in [1.29, 1.82) is 0 Å². The van der Waals surface area contributed by atoms with Crippen LogP contribution in [0.3, 0.4) is 0 Å². The minimum atomic E-state index is -0.593. The fourth-order valence-corrected chi connectivity index (χ4v) is 1.75. The van der Waals surface area contributed by atoms with E-state index in [4.69, 9.17) is 10.2 Å². The van der Waals surface area contributed by atoms with Crippen molar-refractivity contribution < 1.29 is 9.21 Å². The van der Waals surface area contributed by atoms with Crippen molar-refractivity contribution in [3.63, 3.8) is 0 Å². The van der Waals surface area contributed by atoms with Gasteiger partial charge in [0, 0.05) is 19.3 Å². The molecule has 0 fully saturated rings. The number of halogens is 1. The lowest BCUT2D eigenvalue weighted by molar-refractivity contribution is 0.0974. The Kier molecular flexibility index (Phi) is 2.36. The van der Waals surface area contributed by atoms with Gasteiger partial charge in [-0.1, -0.05) is 0 Å². The number of primary amides is 1. The third-order valence-electron chi connectivity index (χ3n) is 1.98. The lowest BCUT2D eigenvalue weighted by Crippen LogP contribution is -2.09. The number of nitrogens with zero attached hydrogens (tertiary/aromatic N) is 2. The summed E-state index contributed by atoms with van der Waals surface area (Å²) in [6.07, 6.45) is 1.65. The maximum atomic E-state index is 10.9. The highest BCUT2D eigenvalue weighted by Gasteiger charge is 2.16. The van der Waals surface area contributed by atoms with E-state index in [1.54, 1.807) is 30.1 Å². The minimum Gasteiger partial charge on any atom is -0.448 e. The van der Waals surface area contributed by atoms with Crippen LogP contribution in [0.25, 0.3) is 11.5 Å². The fraction of sp³-hybridized carbons (Fsp3) is 0.111. The van der Waals surface area contributed by atoms with Crippen molar-refractivity contribution in [3.8, 4) is 11.5 Å². The van der Waals surface area contributed by atoms with Gasteiger partial charge in [0.05, 0.1) is 4.47 Å². The van der Waals surface area contributed by atoms with Gasteiger partial charge >= 0.3 is 0 Å². The molecule has 0 bridgehead atoms. The van der Waals surface area contributed by atoms with E-state index in [0.717, 1.165) is 5.69 Å². The largest absolute Gasteiger partial charge is 0.448 e. The van der Waals surface area contributed by atoms with Crippen molar-refractivity contribution in [2.45, 2.75) is 0 Å². The van der Waals surface area contributed by atoms with Gasteiger partial charge in [-0.05, 0) is 22.0 Å². The molecular weight excluding hydrogens is 262 g/mol. The molecule has 0 aliphatic heterocycles. The zero-order chi connectivity index (χ0) is 11.0. The van der Waals surface area contributed by atoms with Crippen LogP contribution in [-0.2, 0) is 7.05 Å². The number of amides is 1. The van der Waals surface area contributed by atoms with Gasteiger partial charge in [0.2, 0.25) is 0 Å². The Morgan fingerprint density at radius 3 is 2.87 bits per heavy atom. The van der Waals surface area contributed by atoms with E-state index in [-0.39, 0.29) is 5.76 Å². The summed E-state index contributed by atoms with van der Waals surface area (Å²) in [7, 11) is 1.79. The molecule has 0 radical (unpaired) electrons. The molecule has 2 rings (SSSR count). The predicted molar refractivity (Wildman–Crippen MR) is 57.1 cm³/mol. The third-order valence-corrected chi connectivity index (χ3v) is 2.57. The summed E-state index contributed by atoms with van der Waals surface area (Å²) >= 11 is 3.30. The van der Waals surface area contributed by atoms with Crippen LogP contribution in [0.2, 0.25) is 0 Å². The van der Waals surface area contributed by atoms with Crippen LogP contribution >= 0.6 is 15.9 Å². The second-order valence-electron chi connectivity index (χ2n) is 2.99. The Hall–Kier alpha value is -1.56. The maximum absolute atomic E-state index is 10.9. The number of hydrogen-bond acceptors (Lipinski definition) is 3. The molecule has 78 valence electrons. The molecule has 15 heavy (non-hydrogen) atoms. The quantitative estimate of drug-likeness (QED) is 0.899. The van der Waals surface area contributed by atoms with Crippen molar-refractivity contribution in [2.24, 2.45) is 12.8 Å². The molecule has 0 saturated carbocycles. The number of carbonyl (C=O) groups excluding carboxylic acids is 1. The summed E-state index contributed by atoms with van der Waals surface area (Å²) < 4.78 is 7.65. The number of nitrogens with two attached hydrogens (primary N) is 1. The molecule has 5 nitrogen and oxygen atoms in total. The number of furan rings is 1. The Bertz CT molecular complexity index is 515. The highest BCUT2D eigenvalue weighted by molar-refractivity contribution is 9.10. The van der Waals surface area contributed by atoms with E-state index in [1.807, 2.05) is 0 Å². The van der Waals surface area contributed by atoms with E-state index in [9.17, 15) is 4.79 Å². The number of hydrogen-bond donors (Lipinski definition) is 1. The van der Waals surface area contributed by atoms with Crippen LogP contribution in [0.4, 0.5) is 0 Å². The van der Waals surface area contributed by atoms with Crippen LogP contribution in [-0.4, -0.2) is 15.7 Å². The van der Waals surface area contributed by atoms with Crippen molar-refractivity contribution >= 4 is 21.8 Å². The number of aromatic nitrogens is 2. The number of rotatable bonds is 2. The molecular formula is C9H8BrN3O2. The van der Waals surface area contributed by atoms with Gasteiger partial charge in [0.1, 0.15) is 5.69 Å².